The van der Waals surface area contributed by atoms with Crippen molar-refractivity contribution in [3.63, 3.8) is 0 Å². The van der Waals surface area contributed by atoms with Crippen molar-refractivity contribution in [3.05, 3.63) is 47.4 Å². The number of aryl methyl sites for hydroxylation is 1. The summed E-state index contributed by atoms with van der Waals surface area (Å²) in [5.41, 5.74) is 1.29. The Morgan fingerprint density at radius 2 is 2.00 bits per heavy atom. The number of carbonyl (C=O) groups is 1. The van der Waals surface area contributed by atoms with Crippen molar-refractivity contribution >= 4 is 5.78 Å². The van der Waals surface area contributed by atoms with Crippen molar-refractivity contribution in [3.8, 4) is 17.6 Å². The van der Waals surface area contributed by atoms with Crippen molar-refractivity contribution in [1.82, 2.24) is 0 Å². The molecule has 0 saturated carbocycles. The fraction of sp³-hybridized carbons (Fsp3) is 0.250. The van der Waals surface area contributed by atoms with Crippen LogP contribution in [0.1, 0.15) is 27.6 Å². The Hall–Kier alpha value is -2.74. The molecule has 0 amide bonds. The summed E-state index contributed by atoms with van der Waals surface area (Å²) >= 11 is 0. The number of rotatable bonds is 3. The predicted molar refractivity (Wildman–Crippen MR) is 73.6 cm³/mol. The van der Waals surface area contributed by atoms with Crippen molar-refractivity contribution in [2.45, 2.75) is 12.8 Å². The van der Waals surface area contributed by atoms with E-state index < -0.39 is 5.92 Å². The standard InChI is InChI=1S/C16H13NO4/c1-10-4-5-21-16(10)15(18)12(9-17)11-2-3-13-14(8-11)20-7-6-19-13/h2-5,8,12H,6-7H2,1H3. The van der Waals surface area contributed by atoms with Crippen LogP contribution in [-0.4, -0.2) is 19.0 Å². The van der Waals surface area contributed by atoms with Crippen LogP contribution in [0.2, 0.25) is 0 Å². The zero-order valence-electron chi connectivity index (χ0n) is 11.5. The van der Waals surface area contributed by atoms with Gasteiger partial charge in [-0.05, 0) is 36.2 Å². The highest BCUT2D eigenvalue weighted by atomic mass is 16.6. The van der Waals surface area contributed by atoms with Gasteiger partial charge < -0.3 is 13.9 Å². The highest BCUT2D eigenvalue weighted by molar-refractivity contribution is 6.01. The molecule has 0 N–H and O–H groups in total. The van der Waals surface area contributed by atoms with Crippen LogP contribution in [0, 0.1) is 18.3 Å². The van der Waals surface area contributed by atoms with Crippen molar-refractivity contribution in [1.29, 1.82) is 5.26 Å². The average molecular weight is 283 g/mol. The highest BCUT2D eigenvalue weighted by Crippen LogP contribution is 2.34. The second-order valence-electron chi connectivity index (χ2n) is 4.76. The van der Waals surface area contributed by atoms with Gasteiger partial charge in [-0.3, -0.25) is 4.79 Å². The quantitative estimate of drug-likeness (QED) is 0.810. The van der Waals surface area contributed by atoms with Gasteiger partial charge in [0.15, 0.2) is 17.3 Å². The van der Waals surface area contributed by atoms with E-state index in [0.29, 0.717) is 30.3 Å². The molecule has 1 aliphatic heterocycles. The van der Waals surface area contributed by atoms with Crippen LogP contribution in [0.25, 0.3) is 0 Å². The molecule has 0 spiro atoms. The molecule has 1 aliphatic rings. The summed E-state index contributed by atoms with van der Waals surface area (Å²) in [5.74, 6) is 0.130. The Balaban J connectivity index is 1.95. The minimum absolute atomic E-state index is 0.219. The third-order valence-corrected chi connectivity index (χ3v) is 3.38. The van der Waals surface area contributed by atoms with E-state index in [2.05, 4.69) is 0 Å². The normalized spacial score (nSPS) is 14.3. The number of carbonyl (C=O) groups excluding carboxylic acids is 1. The summed E-state index contributed by atoms with van der Waals surface area (Å²) in [6.07, 6.45) is 1.45. The number of fused-ring (bicyclic) bond motifs is 1. The molecule has 0 aliphatic carbocycles. The van der Waals surface area contributed by atoms with E-state index in [1.54, 1.807) is 31.2 Å². The lowest BCUT2D eigenvalue weighted by molar-refractivity contribution is 0.0950. The van der Waals surface area contributed by atoms with E-state index in [1.165, 1.54) is 6.26 Å². The smallest absolute Gasteiger partial charge is 0.219 e. The number of ketones is 1. The second kappa shape index (κ2) is 5.33. The summed E-state index contributed by atoms with van der Waals surface area (Å²) < 4.78 is 16.1. The maximum Gasteiger partial charge on any atom is 0.219 e. The fourth-order valence-corrected chi connectivity index (χ4v) is 2.28. The van der Waals surface area contributed by atoms with Crippen LogP contribution in [-0.2, 0) is 0 Å². The lowest BCUT2D eigenvalue weighted by Gasteiger charge is -2.19. The van der Waals surface area contributed by atoms with Crippen molar-refractivity contribution in [2.75, 3.05) is 13.2 Å². The molecule has 0 saturated heterocycles. The maximum atomic E-state index is 12.4. The molecular formula is C16H13NO4. The minimum Gasteiger partial charge on any atom is -0.486 e. The fourth-order valence-electron chi connectivity index (χ4n) is 2.28. The first kappa shape index (κ1) is 13.3. The van der Waals surface area contributed by atoms with E-state index in [4.69, 9.17) is 13.9 Å². The molecule has 1 atom stereocenters. The summed E-state index contributed by atoms with van der Waals surface area (Å²) in [6, 6.07) is 8.84. The van der Waals surface area contributed by atoms with Gasteiger partial charge in [0.2, 0.25) is 5.78 Å². The molecule has 106 valence electrons. The number of furan rings is 1. The molecule has 2 heterocycles. The Bertz CT molecular complexity index is 726. The summed E-state index contributed by atoms with van der Waals surface area (Å²) in [6.45, 7) is 2.73. The number of nitriles is 1. The summed E-state index contributed by atoms with van der Waals surface area (Å²) in [4.78, 5) is 12.4. The maximum absolute atomic E-state index is 12.4. The lowest BCUT2D eigenvalue weighted by Crippen LogP contribution is -2.16. The third kappa shape index (κ3) is 2.36. The van der Waals surface area contributed by atoms with Gasteiger partial charge in [-0.2, -0.15) is 5.26 Å². The molecule has 0 radical (unpaired) electrons. The number of nitrogens with zero attached hydrogens (tertiary/aromatic N) is 1. The number of ether oxygens (including phenoxy) is 2. The topological polar surface area (TPSA) is 72.5 Å². The molecule has 5 heteroatoms. The lowest BCUT2D eigenvalue weighted by atomic mass is 9.93. The molecule has 1 unspecified atom stereocenters. The third-order valence-electron chi connectivity index (χ3n) is 3.38. The number of benzene rings is 1. The first-order valence-electron chi connectivity index (χ1n) is 6.58. The molecule has 5 nitrogen and oxygen atoms in total. The molecule has 21 heavy (non-hydrogen) atoms. The molecule has 1 aromatic heterocycles. The summed E-state index contributed by atoms with van der Waals surface area (Å²) in [7, 11) is 0. The second-order valence-corrected chi connectivity index (χ2v) is 4.76. The molecule has 3 rings (SSSR count). The van der Waals surface area contributed by atoms with Gasteiger partial charge in [-0.15, -0.1) is 0 Å². The first-order valence-corrected chi connectivity index (χ1v) is 6.58. The molecule has 1 aromatic carbocycles. The van der Waals surface area contributed by atoms with Crippen molar-refractivity contribution in [2.24, 2.45) is 0 Å². The van der Waals surface area contributed by atoms with E-state index in [9.17, 15) is 10.1 Å². The first-order chi connectivity index (χ1) is 10.2. The van der Waals surface area contributed by atoms with Gasteiger partial charge in [0.05, 0.1) is 12.3 Å². The van der Waals surface area contributed by atoms with Gasteiger partial charge in [-0.1, -0.05) is 6.07 Å². The van der Waals surface area contributed by atoms with Crippen LogP contribution >= 0.6 is 0 Å². The number of hydrogen-bond donors (Lipinski definition) is 0. The Labute approximate surface area is 121 Å². The zero-order chi connectivity index (χ0) is 14.8. The minimum atomic E-state index is -0.925. The number of Topliss-reactive ketones (excluding diaryl/α,β-unsaturated/α-hetero) is 1. The van der Waals surface area contributed by atoms with E-state index in [0.717, 1.165) is 5.56 Å². The predicted octanol–water partition coefficient (Wildman–Crippen LogP) is 2.85. The van der Waals surface area contributed by atoms with Gasteiger partial charge in [0.25, 0.3) is 0 Å². The zero-order valence-corrected chi connectivity index (χ0v) is 11.5. The van der Waals surface area contributed by atoms with Crippen LogP contribution in [0.15, 0.2) is 34.9 Å². The van der Waals surface area contributed by atoms with Gasteiger partial charge in [0, 0.05) is 0 Å². The van der Waals surface area contributed by atoms with Crippen LogP contribution in [0.5, 0.6) is 11.5 Å². The van der Waals surface area contributed by atoms with E-state index >= 15 is 0 Å². The van der Waals surface area contributed by atoms with Gasteiger partial charge in [0.1, 0.15) is 19.1 Å². The summed E-state index contributed by atoms with van der Waals surface area (Å²) in [5, 5.41) is 9.36. The highest BCUT2D eigenvalue weighted by Gasteiger charge is 2.27. The monoisotopic (exact) mass is 283 g/mol. The molecule has 2 aromatic rings. The Kier molecular flexibility index (Phi) is 3.36. The molecule has 0 bridgehead atoms. The Morgan fingerprint density at radius 3 is 2.67 bits per heavy atom. The number of hydrogen-bond acceptors (Lipinski definition) is 5. The SMILES string of the molecule is Cc1ccoc1C(=O)C(C#N)c1ccc2c(c1)OCCO2. The van der Waals surface area contributed by atoms with Gasteiger partial charge >= 0.3 is 0 Å². The van der Waals surface area contributed by atoms with Gasteiger partial charge in [-0.25, -0.2) is 0 Å². The van der Waals surface area contributed by atoms with Crippen LogP contribution < -0.4 is 9.47 Å². The average Bonchev–Trinajstić information content (AvgIpc) is 2.94. The van der Waals surface area contributed by atoms with Crippen LogP contribution in [0.3, 0.4) is 0 Å². The van der Waals surface area contributed by atoms with E-state index in [1.807, 2.05) is 6.07 Å². The molecular weight excluding hydrogens is 270 g/mol. The largest absolute Gasteiger partial charge is 0.486 e. The van der Waals surface area contributed by atoms with Crippen molar-refractivity contribution < 1.29 is 18.7 Å². The van der Waals surface area contributed by atoms with Crippen LogP contribution in [0.4, 0.5) is 0 Å². The van der Waals surface area contributed by atoms with E-state index in [-0.39, 0.29) is 11.5 Å². The Morgan fingerprint density at radius 1 is 1.24 bits per heavy atom. The molecule has 0 fully saturated rings.